The van der Waals surface area contributed by atoms with Gasteiger partial charge in [-0.05, 0) is 43.9 Å². The molecule has 2 aromatic rings. The van der Waals surface area contributed by atoms with E-state index in [-0.39, 0.29) is 23.6 Å². The van der Waals surface area contributed by atoms with Gasteiger partial charge >= 0.3 is 0 Å². The van der Waals surface area contributed by atoms with Gasteiger partial charge in [0.2, 0.25) is 5.91 Å². The Morgan fingerprint density at radius 2 is 1.74 bits per heavy atom. The van der Waals surface area contributed by atoms with E-state index in [1.165, 1.54) is 12.0 Å². The largest absolute Gasteiger partial charge is 0.508 e. The highest BCUT2D eigenvalue weighted by Crippen LogP contribution is 2.44. The summed E-state index contributed by atoms with van der Waals surface area (Å²) in [5.41, 5.74) is 2.36. The summed E-state index contributed by atoms with van der Waals surface area (Å²) in [6.07, 6.45) is 3.51. The van der Waals surface area contributed by atoms with Gasteiger partial charge < -0.3 is 10.0 Å². The van der Waals surface area contributed by atoms with Crippen LogP contribution in [0.3, 0.4) is 0 Å². The number of carbonyl (C=O) groups is 1. The second-order valence-corrected chi connectivity index (χ2v) is 8.10. The van der Waals surface area contributed by atoms with Crippen molar-refractivity contribution in [2.75, 3.05) is 26.7 Å². The van der Waals surface area contributed by atoms with Crippen LogP contribution in [0.1, 0.15) is 36.3 Å². The van der Waals surface area contributed by atoms with Gasteiger partial charge in [-0.1, -0.05) is 48.5 Å². The molecule has 0 aliphatic carbocycles. The monoisotopic (exact) mass is 364 g/mol. The van der Waals surface area contributed by atoms with Crippen LogP contribution in [-0.4, -0.2) is 53.0 Å². The number of likely N-dealkylation sites (tertiary alicyclic amines) is 2. The van der Waals surface area contributed by atoms with Crippen molar-refractivity contribution in [1.82, 2.24) is 9.80 Å². The Kier molecular flexibility index (Phi) is 4.92. The fourth-order valence-corrected chi connectivity index (χ4v) is 4.84. The summed E-state index contributed by atoms with van der Waals surface area (Å²) in [7, 11) is 2.24. The number of amides is 1. The van der Waals surface area contributed by atoms with Crippen molar-refractivity contribution in [3.63, 3.8) is 0 Å². The second-order valence-electron chi connectivity index (χ2n) is 8.10. The molecule has 4 nitrogen and oxygen atoms in total. The zero-order valence-electron chi connectivity index (χ0n) is 16.0. The molecule has 2 aliphatic heterocycles. The summed E-state index contributed by atoms with van der Waals surface area (Å²) < 4.78 is 0. The highest BCUT2D eigenvalue weighted by molar-refractivity contribution is 5.79. The van der Waals surface area contributed by atoms with Gasteiger partial charge in [0, 0.05) is 30.7 Å². The minimum absolute atomic E-state index is 0.117. The molecule has 0 radical (unpaired) electrons. The maximum absolute atomic E-state index is 12.7. The highest BCUT2D eigenvalue weighted by atomic mass is 16.3. The molecule has 142 valence electrons. The van der Waals surface area contributed by atoms with E-state index in [2.05, 4.69) is 42.3 Å². The standard InChI is InChI=1S/C23H28N2O2/c1-24-17-20(18-7-3-2-4-8-18)16-23(24)11-13-25(14-12-23)22(27)15-19-9-5-6-10-21(19)26/h2-10,20,26H,11-17H2,1H3/t20-/m0/s1. The number of benzene rings is 2. The van der Waals surface area contributed by atoms with Crippen LogP contribution < -0.4 is 0 Å². The molecule has 1 spiro atoms. The molecule has 2 aromatic carbocycles. The third-order valence-corrected chi connectivity index (χ3v) is 6.58. The molecule has 2 fully saturated rings. The van der Waals surface area contributed by atoms with E-state index >= 15 is 0 Å². The van der Waals surface area contributed by atoms with E-state index in [0.717, 1.165) is 32.5 Å². The quantitative estimate of drug-likeness (QED) is 0.908. The van der Waals surface area contributed by atoms with E-state index < -0.39 is 0 Å². The topological polar surface area (TPSA) is 43.8 Å². The number of aromatic hydroxyl groups is 1. The second kappa shape index (κ2) is 7.35. The first-order chi connectivity index (χ1) is 13.1. The zero-order chi connectivity index (χ0) is 18.9. The number of phenolic OH excluding ortho intramolecular Hbond substituents is 1. The molecule has 4 heteroatoms. The average Bonchev–Trinajstić information content (AvgIpc) is 3.01. The van der Waals surface area contributed by atoms with E-state index in [1.54, 1.807) is 12.1 Å². The SMILES string of the molecule is CN1C[C@@H](c2ccccc2)CC12CCN(C(=O)Cc1ccccc1O)CC2. The number of likely N-dealkylation sites (N-methyl/N-ethyl adjacent to an activating group) is 1. The summed E-state index contributed by atoms with van der Waals surface area (Å²) in [5, 5.41) is 9.92. The fourth-order valence-electron chi connectivity index (χ4n) is 4.84. The third-order valence-electron chi connectivity index (χ3n) is 6.58. The van der Waals surface area contributed by atoms with Gasteiger partial charge in [-0.3, -0.25) is 9.69 Å². The van der Waals surface area contributed by atoms with Crippen molar-refractivity contribution in [2.24, 2.45) is 0 Å². The van der Waals surface area contributed by atoms with Gasteiger partial charge in [0.15, 0.2) is 0 Å². The number of rotatable bonds is 3. The molecule has 2 heterocycles. The number of nitrogens with zero attached hydrogens (tertiary/aromatic N) is 2. The maximum Gasteiger partial charge on any atom is 0.227 e. The number of phenols is 1. The Labute approximate surface area is 161 Å². The van der Waals surface area contributed by atoms with Gasteiger partial charge in [0.05, 0.1) is 6.42 Å². The lowest BCUT2D eigenvalue weighted by molar-refractivity contribution is -0.132. The fraction of sp³-hybridized carbons (Fsp3) is 0.435. The lowest BCUT2D eigenvalue weighted by atomic mass is 9.81. The minimum atomic E-state index is 0.117. The molecule has 0 unspecified atom stereocenters. The lowest BCUT2D eigenvalue weighted by Crippen LogP contribution is -2.52. The highest BCUT2D eigenvalue weighted by Gasteiger charge is 2.46. The van der Waals surface area contributed by atoms with Crippen molar-refractivity contribution in [1.29, 1.82) is 0 Å². The summed E-state index contributed by atoms with van der Waals surface area (Å²) in [6.45, 7) is 2.70. The molecule has 1 amide bonds. The number of carbonyl (C=O) groups excluding carboxylic acids is 1. The van der Waals surface area contributed by atoms with Gasteiger partial charge in [0.25, 0.3) is 0 Å². The van der Waals surface area contributed by atoms with Crippen LogP contribution in [0.15, 0.2) is 54.6 Å². The van der Waals surface area contributed by atoms with Crippen LogP contribution in [0, 0.1) is 0 Å². The Morgan fingerprint density at radius 3 is 2.44 bits per heavy atom. The normalized spacial score (nSPS) is 22.3. The van der Waals surface area contributed by atoms with Crippen LogP contribution in [0.4, 0.5) is 0 Å². The molecule has 0 saturated carbocycles. The number of para-hydroxylation sites is 1. The average molecular weight is 364 g/mol. The first-order valence-electron chi connectivity index (χ1n) is 9.88. The minimum Gasteiger partial charge on any atom is -0.508 e. The van der Waals surface area contributed by atoms with Crippen LogP contribution in [0.5, 0.6) is 5.75 Å². The lowest BCUT2D eigenvalue weighted by Gasteiger charge is -2.43. The van der Waals surface area contributed by atoms with E-state index in [1.807, 2.05) is 17.0 Å². The molecular formula is C23H28N2O2. The van der Waals surface area contributed by atoms with Crippen molar-refractivity contribution in [3.8, 4) is 5.75 Å². The Bertz CT molecular complexity index is 797. The van der Waals surface area contributed by atoms with Crippen molar-refractivity contribution in [2.45, 2.75) is 37.1 Å². The van der Waals surface area contributed by atoms with Crippen molar-refractivity contribution >= 4 is 5.91 Å². The van der Waals surface area contributed by atoms with Crippen LogP contribution in [0.2, 0.25) is 0 Å². The zero-order valence-corrected chi connectivity index (χ0v) is 16.0. The molecule has 1 N–H and O–H groups in total. The Morgan fingerprint density at radius 1 is 1.07 bits per heavy atom. The van der Waals surface area contributed by atoms with E-state index in [4.69, 9.17) is 0 Å². The predicted molar refractivity (Wildman–Crippen MR) is 107 cm³/mol. The first kappa shape index (κ1) is 18.1. The van der Waals surface area contributed by atoms with Crippen LogP contribution >= 0.6 is 0 Å². The van der Waals surface area contributed by atoms with Gasteiger partial charge in [0.1, 0.15) is 5.75 Å². The van der Waals surface area contributed by atoms with Gasteiger partial charge in [-0.2, -0.15) is 0 Å². The summed E-state index contributed by atoms with van der Waals surface area (Å²) in [5.74, 6) is 0.909. The predicted octanol–water partition coefficient (Wildman–Crippen LogP) is 3.42. The summed E-state index contributed by atoms with van der Waals surface area (Å²) in [6, 6.07) is 17.9. The smallest absolute Gasteiger partial charge is 0.227 e. The van der Waals surface area contributed by atoms with Crippen LogP contribution in [0.25, 0.3) is 0 Å². The number of hydrogen-bond acceptors (Lipinski definition) is 3. The molecule has 0 bridgehead atoms. The summed E-state index contributed by atoms with van der Waals surface area (Å²) in [4.78, 5) is 17.2. The number of hydrogen-bond donors (Lipinski definition) is 1. The van der Waals surface area contributed by atoms with Gasteiger partial charge in [-0.15, -0.1) is 0 Å². The van der Waals surface area contributed by atoms with E-state index in [9.17, 15) is 9.90 Å². The third kappa shape index (κ3) is 3.59. The molecule has 1 atom stereocenters. The Balaban J connectivity index is 1.38. The first-order valence-corrected chi connectivity index (χ1v) is 9.88. The molecular weight excluding hydrogens is 336 g/mol. The van der Waals surface area contributed by atoms with E-state index in [0.29, 0.717) is 11.5 Å². The molecule has 2 aliphatic rings. The molecule has 27 heavy (non-hydrogen) atoms. The summed E-state index contributed by atoms with van der Waals surface area (Å²) >= 11 is 0. The van der Waals surface area contributed by atoms with Crippen molar-refractivity contribution < 1.29 is 9.90 Å². The molecule has 2 saturated heterocycles. The van der Waals surface area contributed by atoms with Crippen molar-refractivity contribution in [3.05, 3.63) is 65.7 Å². The molecule has 4 rings (SSSR count). The van der Waals surface area contributed by atoms with Gasteiger partial charge in [-0.25, -0.2) is 0 Å². The Hall–Kier alpha value is -2.33. The maximum atomic E-state index is 12.7. The molecule has 0 aromatic heterocycles. The van der Waals surface area contributed by atoms with Crippen LogP contribution in [-0.2, 0) is 11.2 Å². The number of piperidine rings is 1.